The van der Waals surface area contributed by atoms with E-state index in [2.05, 4.69) is 39.0 Å². The van der Waals surface area contributed by atoms with E-state index in [0.717, 1.165) is 25.0 Å². The molecule has 0 unspecified atom stereocenters. The van der Waals surface area contributed by atoms with Gasteiger partial charge in [-0.05, 0) is 65.0 Å². The van der Waals surface area contributed by atoms with Crippen LogP contribution in [-0.4, -0.2) is 73.1 Å². The van der Waals surface area contributed by atoms with Crippen molar-refractivity contribution in [3.05, 3.63) is 35.4 Å². The summed E-state index contributed by atoms with van der Waals surface area (Å²) in [4.78, 5) is 27.9. The quantitative estimate of drug-likeness (QED) is 0.266. The highest BCUT2D eigenvalue weighted by atomic mass is 35.5. The Labute approximate surface area is 268 Å². The Morgan fingerprint density at radius 3 is 2.59 bits per heavy atom. The Balaban J connectivity index is 1.07. The molecule has 4 heterocycles. The molecule has 1 saturated carbocycles. The molecule has 0 radical (unpaired) electrons. The van der Waals surface area contributed by atoms with E-state index in [1.165, 1.54) is 6.33 Å². The number of nitrogens with zero attached hydrogens (tertiary/aromatic N) is 5. The van der Waals surface area contributed by atoms with Crippen molar-refractivity contribution in [3.63, 3.8) is 0 Å². The molecule has 3 fully saturated rings. The molecule has 1 amide bonds. The first-order valence-corrected chi connectivity index (χ1v) is 15.6. The topological polar surface area (TPSA) is 156 Å². The van der Waals surface area contributed by atoms with Gasteiger partial charge in [0.25, 0.3) is 0 Å². The first-order chi connectivity index (χ1) is 21.6. The number of fused-ring (bicyclic) bond motifs is 2. The van der Waals surface area contributed by atoms with Gasteiger partial charge in [-0.25, -0.2) is 15.0 Å². The predicted molar refractivity (Wildman–Crippen MR) is 165 cm³/mol. The predicted octanol–water partition coefficient (Wildman–Crippen LogP) is 4.99. The van der Waals surface area contributed by atoms with Crippen LogP contribution in [0.2, 0.25) is 5.02 Å². The van der Waals surface area contributed by atoms with Gasteiger partial charge in [-0.1, -0.05) is 11.6 Å². The first kappa shape index (κ1) is 32.7. The van der Waals surface area contributed by atoms with Gasteiger partial charge in [0.2, 0.25) is 5.91 Å². The minimum absolute atomic E-state index is 0.0279. The molecule has 2 aliphatic heterocycles. The van der Waals surface area contributed by atoms with Crippen LogP contribution in [-0.2, 0) is 25.2 Å². The molecule has 250 valence electrons. The van der Waals surface area contributed by atoms with Crippen molar-refractivity contribution < 1.29 is 32.2 Å². The summed E-state index contributed by atoms with van der Waals surface area (Å²) in [5.41, 5.74) is 11.7. The maximum atomic E-state index is 13.3. The van der Waals surface area contributed by atoms with Crippen molar-refractivity contribution in [3.8, 4) is 0 Å². The number of halogens is 4. The summed E-state index contributed by atoms with van der Waals surface area (Å²) in [7, 11) is 0. The van der Waals surface area contributed by atoms with Crippen molar-refractivity contribution in [1.82, 2.24) is 24.4 Å². The third-order valence-corrected chi connectivity index (χ3v) is 9.33. The molecule has 3 aliphatic rings. The Bertz CT molecular complexity index is 1610. The fraction of sp³-hybridized carbons (Fsp3) is 0.600. The van der Waals surface area contributed by atoms with Gasteiger partial charge in [0, 0.05) is 25.0 Å². The summed E-state index contributed by atoms with van der Waals surface area (Å²) in [5, 5.41) is 2.00. The number of aromatic nitrogens is 4. The number of hydrogen-bond acceptors (Lipinski definition) is 10. The van der Waals surface area contributed by atoms with Crippen LogP contribution < -0.4 is 16.8 Å². The van der Waals surface area contributed by atoms with Crippen LogP contribution in [0.15, 0.2) is 24.8 Å². The van der Waals surface area contributed by atoms with Crippen molar-refractivity contribution in [2.24, 2.45) is 5.92 Å². The van der Waals surface area contributed by atoms with Gasteiger partial charge in [-0.15, -0.1) is 0 Å². The molecule has 6 rings (SSSR count). The third-order valence-electron chi connectivity index (χ3n) is 9.02. The molecule has 5 N–H and O–H groups in total. The number of nitrogens with one attached hydrogen (secondary N) is 1. The second-order valence-corrected chi connectivity index (χ2v) is 13.4. The number of amides is 1. The Morgan fingerprint density at radius 2 is 1.89 bits per heavy atom. The highest BCUT2D eigenvalue weighted by Gasteiger charge is 2.57. The largest absolute Gasteiger partial charge is 0.417 e. The first-order valence-electron chi connectivity index (χ1n) is 15.3. The van der Waals surface area contributed by atoms with Gasteiger partial charge >= 0.3 is 6.18 Å². The molecule has 46 heavy (non-hydrogen) atoms. The second-order valence-electron chi connectivity index (χ2n) is 13.0. The lowest BCUT2D eigenvalue weighted by molar-refractivity contribution is -0.199. The summed E-state index contributed by atoms with van der Waals surface area (Å²) in [6.07, 6.45) is -0.661. The number of hydrogen-bond donors (Lipinski definition) is 3. The zero-order valence-electron chi connectivity index (χ0n) is 25.9. The summed E-state index contributed by atoms with van der Waals surface area (Å²) < 4.78 is 60.9. The lowest BCUT2D eigenvalue weighted by atomic mass is 9.76. The molecule has 2 saturated heterocycles. The van der Waals surface area contributed by atoms with Gasteiger partial charge in [-0.2, -0.15) is 13.2 Å². The van der Waals surface area contributed by atoms with Crippen molar-refractivity contribution >= 4 is 45.9 Å². The molecule has 2 aromatic heterocycles. The fourth-order valence-electron chi connectivity index (χ4n) is 6.74. The van der Waals surface area contributed by atoms with E-state index < -0.39 is 40.8 Å². The summed E-state index contributed by atoms with van der Waals surface area (Å²) in [6.45, 7) is 8.64. The molecule has 12 nitrogen and oxygen atoms in total. The van der Waals surface area contributed by atoms with E-state index >= 15 is 0 Å². The SMILES string of the molecule is CC(C)N(C[C@H]1O[C@@H](n2cnc3c(N)ncnc32)[C@@H]2OC(C)(C)O[C@@H]21)C1CC(CCC(=O)Nc2cc(C(F)(F)F)c(Cl)cc2N)C1. The minimum Gasteiger partial charge on any atom is -0.397 e. The Hall–Kier alpha value is -3.24. The summed E-state index contributed by atoms with van der Waals surface area (Å²) >= 11 is 5.71. The van der Waals surface area contributed by atoms with E-state index in [1.54, 1.807) is 6.33 Å². The average Bonchev–Trinajstić information content (AvgIpc) is 3.59. The van der Waals surface area contributed by atoms with Crippen LogP contribution in [0.4, 0.5) is 30.4 Å². The van der Waals surface area contributed by atoms with Gasteiger partial charge in [-0.3, -0.25) is 14.3 Å². The van der Waals surface area contributed by atoms with E-state index in [1.807, 2.05) is 18.4 Å². The van der Waals surface area contributed by atoms with Crippen molar-refractivity contribution in [1.29, 1.82) is 0 Å². The maximum Gasteiger partial charge on any atom is 0.417 e. The van der Waals surface area contributed by atoms with Crippen LogP contribution in [0.25, 0.3) is 11.2 Å². The molecule has 4 atom stereocenters. The lowest BCUT2D eigenvalue weighted by Crippen LogP contribution is -2.52. The van der Waals surface area contributed by atoms with Gasteiger partial charge < -0.3 is 31.0 Å². The number of anilines is 3. The van der Waals surface area contributed by atoms with Crippen LogP contribution in [0.5, 0.6) is 0 Å². The number of nitrogens with two attached hydrogens (primary N) is 2. The monoisotopic (exact) mass is 666 g/mol. The molecule has 16 heteroatoms. The van der Waals surface area contributed by atoms with Crippen molar-refractivity contribution in [2.45, 2.75) is 102 Å². The van der Waals surface area contributed by atoms with Crippen LogP contribution >= 0.6 is 11.6 Å². The fourth-order valence-corrected chi connectivity index (χ4v) is 7.02. The molecule has 3 aromatic rings. The zero-order chi connectivity index (χ0) is 33.1. The van der Waals surface area contributed by atoms with Gasteiger partial charge in [0.1, 0.15) is 30.2 Å². The van der Waals surface area contributed by atoms with E-state index in [4.69, 9.17) is 37.3 Å². The number of carbonyl (C=O) groups excluding carboxylic acids is 1. The van der Waals surface area contributed by atoms with E-state index in [0.29, 0.717) is 30.0 Å². The van der Waals surface area contributed by atoms with Crippen LogP contribution in [0, 0.1) is 5.92 Å². The molecule has 1 aliphatic carbocycles. The number of rotatable bonds is 9. The molecule has 1 aromatic carbocycles. The average molecular weight is 667 g/mol. The number of benzene rings is 1. The normalized spacial score (nSPS) is 27.3. The molecular weight excluding hydrogens is 629 g/mol. The number of imidazole rings is 1. The van der Waals surface area contributed by atoms with E-state index in [-0.39, 0.29) is 47.9 Å². The standard InChI is InChI=1S/C30H38ClF3N8O4/c1-14(2)41(16-7-15(8-16)5-6-22(43)40-20-9-17(30(32,33)34)18(31)10-19(20)35)11-21-24-25(46-29(3,4)45-24)28(44-21)42-13-39-23-26(36)37-12-38-27(23)42/h9-10,12-16,21,24-25,28H,5-8,11,35H2,1-4H3,(H,40,43)(H2,36,37,38)/t15?,16?,21-,24-,25-,28-/m1/s1. The number of ether oxygens (including phenoxy) is 3. The highest BCUT2D eigenvalue weighted by Crippen LogP contribution is 2.45. The smallest absolute Gasteiger partial charge is 0.397 e. The Kier molecular flexibility index (Phi) is 8.59. The molecule has 0 spiro atoms. The number of carbonyl (C=O) groups is 1. The zero-order valence-corrected chi connectivity index (χ0v) is 26.7. The van der Waals surface area contributed by atoms with E-state index in [9.17, 15) is 18.0 Å². The third kappa shape index (κ3) is 6.35. The van der Waals surface area contributed by atoms with Crippen molar-refractivity contribution in [2.75, 3.05) is 23.3 Å². The summed E-state index contributed by atoms with van der Waals surface area (Å²) in [6, 6.07) is 2.26. The van der Waals surface area contributed by atoms with Crippen LogP contribution in [0.1, 0.15) is 65.2 Å². The van der Waals surface area contributed by atoms with Crippen LogP contribution in [0.3, 0.4) is 0 Å². The lowest BCUT2D eigenvalue weighted by Gasteiger charge is -2.46. The number of nitrogen functional groups attached to an aromatic ring is 2. The molecular formula is C30H38ClF3N8O4. The minimum atomic E-state index is -4.66. The maximum absolute atomic E-state index is 13.3. The molecule has 0 bridgehead atoms. The second kappa shape index (κ2) is 12.1. The van der Waals surface area contributed by atoms with Gasteiger partial charge in [0.15, 0.2) is 23.5 Å². The van der Waals surface area contributed by atoms with Gasteiger partial charge in [0.05, 0.1) is 28.3 Å². The summed E-state index contributed by atoms with van der Waals surface area (Å²) in [5.74, 6) is -0.618. The Morgan fingerprint density at radius 1 is 1.17 bits per heavy atom. The highest BCUT2D eigenvalue weighted by molar-refractivity contribution is 6.32. The number of alkyl halides is 3.